The van der Waals surface area contributed by atoms with Gasteiger partial charge in [0.05, 0.1) is 16.1 Å². The fraction of sp³-hybridized carbons (Fsp3) is 0.519. The van der Waals surface area contributed by atoms with Gasteiger partial charge in [-0.3, -0.25) is 9.69 Å². The molecule has 1 heterocycles. The lowest BCUT2D eigenvalue weighted by molar-refractivity contribution is -0.125. The summed E-state index contributed by atoms with van der Waals surface area (Å²) in [5.41, 5.74) is 3.82. The number of nitrogens with zero attached hydrogens (tertiary/aromatic N) is 2. The zero-order valence-corrected chi connectivity index (χ0v) is 23.3. The van der Waals surface area contributed by atoms with Crippen molar-refractivity contribution in [1.82, 2.24) is 14.5 Å². The molecule has 9 heteroatoms. The van der Waals surface area contributed by atoms with E-state index in [1.54, 1.807) is 13.0 Å². The summed E-state index contributed by atoms with van der Waals surface area (Å²) in [6, 6.07) is 11.1. The molecular formula is C27H35Cl2N3O3S. The van der Waals surface area contributed by atoms with Gasteiger partial charge in [-0.2, -0.15) is 0 Å². The molecule has 2 unspecified atom stereocenters. The molecule has 1 aliphatic heterocycles. The lowest BCUT2D eigenvalue weighted by Crippen LogP contribution is -2.40. The minimum atomic E-state index is -3.89. The van der Waals surface area contributed by atoms with Crippen molar-refractivity contribution in [2.75, 3.05) is 26.7 Å². The molecule has 0 bridgehead atoms. The molecule has 196 valence electrons. The zero-order valence-electron chi connectivity index (χ0n) is 21.0. The third kappa shape index (κ3) is 6.25. The SMILES string of the molecule is CC(CN(C)S(=O)(=O)c1cccc(Cl)c1Cl)C(=O)NC1CCCc2cc(CN3CCCCC3)ccc21. The van der Waals surface area contributed by atoms with Crippen LogP contribution >= 0.6 is 23.2 Å². The quantitative estimate of drug-likeness (QED) is 0.474. The first-order valence-corrected chi connectivity index (χ1v) is 14.9. The molecule has 2 aromatic carbocycles. The standard InChI is InChI=1S/C27H35Cl2N3O3S/c1-19(17-31(2)36(34,35)25-11-7-9-23(28)26(25)29)27(33)30-24-10-6-8-21-16-20(12-13-22(21)24)18-32-14-4-3-5-15-32/h7,9,11-13,16,19,24H,3-6,8,10,14-15,17-18H2,1-2H3,(H,30,33). The highest BCUT2D eigenvalue weighted by molar-refractivity contribution is 7.89. The van der Waals surface area contributed by atoms with Gasteiger partial charge in [0, 0.05) is 26.1 Å². The molecule has 2 atom stereocenters. The van der Waals surface area contributed by atoms with Gasteiger partial charge >= 0.3 is 0 Å². The van der Waals surface area contributed by atoms with E-state index < -0.39 is 15.9 Å². The Bertz CT molecular complexity index is 1200. The number of amides is 1. The average Bonchev–Trinajstić information content (AvgIpc) is 2.86. The maximum Gasteiger partial charge on any atom is 0.244 e. The van der Waals surface area contributed by atoms with Gasteiger partial charge in [0.15, 0.2) is 0 Å². The predicted molar refractivity (Wildman–Crippen MR) is 145 cm³/mol. The van der Waals surface area contributed by atoms with Crippen LogP contribution in [0, 0.1) is 5.92 Å². The number of likely N-dealkylation sites (tertiary alicyclic amines) is 1. The Morgan fingerprint density at radius 1 is 1.14 bits per heavy atom. The van der Waals surface area contributed by atoms with Crippen LogP contribution in [0.25, 0.3) is 0 Å². The number of piperidine rings is 1. The summed E-state index contributed by atoms with van der Waals surface area (Å²) in [4.78, 5) is 15.5. The summed E-state index contributed by atoms with van der Waals surface area (Å²) >= 11 is 12.2. The zero-order chi connectivity index (χ0) is 25.9. The topological polar surface area (TPSA) is 69.7 Å². The van der Waals surface area contributed by atoms with Gasteiger partial charge in [-0.15, -0.1) is 0 Å². The fourth-order valence-corrected chi connectivity index (χ4v) is 7.22. The molecule has 6 nitrogen and oxygen atoms in total. The number of nitrogens with one attached hydrogen (secondary N) is 1. The summed E-state index contributed by atoms with van der Waals surface area (Å²) < 4.78 is 27.2. The van der Waals surface area contributed by atoms with Crippen molar-refractivity contribution in [3.63, 3.8) is 0 Å². The van der Waals surface area contributed by atoms with Crippen LogP contribution in [-0.2, 0) is 27.8 Å². The lowest BCUT2D eigenvalue weighted by atomic mass is 9.86. The Morgan fingerprint density at radius 2 is 1.89 bits per heavy atom. The second-order valence-electron chi connectivity index (χ2n) is 10.1. The largest absolute Gasteiger partial charge is 0.349 e. The van der Waals surface area contributed by atoms with Crippen LogP contribution in [0.4, 0.5) is 0 Å². The summed E-state index contributed by atoms with van der Waals surface area (Å²) in [6.07, 6.45) is 6.80. The Kier molecular flexibility index (Phi) is 9.00. The molecule has 0 aromatic heterocycles. The van der Waals surface area contributed by atoms with Gasteiger partial charge in [0.2, 0.25) is 15.9 Å². The molecule has 0 radical (unpaired) electrons. The summed E-state index contributed by atoms with van der Waals surface area (Å²) in [5.74, 6) is -0.698. The van der Waals surface area contributed by atoms with Crippen molar-refractivity contribution in [1.29, 1.82) is 0 Å². The number of benzene rings is 2. The summed E-state index contributed by atoms with van der Waals surface area (Å²) in [5, 5.41) is 3.34. The molecule has 0 spiro atoms. The third-order valence-corrected chi connectivity index (χ3v) is 10.1. The highest BCUT2D eigenvalue weighted by Gasteiger charge is 2.29. The maximum atomic E-state index is 13.1. The maximum absolute atomic E-state index is 13.1. The Hall–Kier alpha value is -1.64. The van der Waals surface area contributed by atoms with Crippen molar-refractivity contribution >= 4 is 39.1 Å². The fourth-order valence-electron chi connectivity index (χ4n) is 5.22. The predicted octanol–water partition coefficient (Wildman–Crippen LogP) is 5.43. The van der Waals surface area contributed by atoms with Crippen molar-refractivity contribution in [3.8, 4) is 0 Å². The number of fused-ring (bicyclic) bond motifs is 1. The van der Waals surface area contributed by atoms with Crippen molar-refractivity contribution in [2.45, 2.75) is 62.9 Å². The molecule has 2 aliphatic rings. The van der Waals surface area contributed by atoms with Gasteiger partial charge < -0.3 is 5.32 Å². The molecule has 1 N–H and O–H groups in total. The second kappa shape index (κ2) is 11.8. The number of halogens is 2. The highest BCUT2D eigenvalue weighted by atomic mass is 35.5. The van der Waals surface area contributed by atoms with E-state index in [2.05, 4.69) is 28.4 Å². The van der Waals surface area contributed by atoms with E-state index in [0.29, 0.717) is 0 Å². The van der Waals surface area contributed by atoms with Crippen LogP contribution in [0.1, 0.15) is 61.8 Å². The van der Waals surface area contributed by atoms with E-state index in [9.17, 15) is 13.2 Å². The number of rotatable bonds is 8. The average molecular weight is 553 g/mol. The smallest absolute Gasteiger partial charge is 0.244 e. The van der Waals surface area contributed by atoms with Gasteiger partial charge in [-0.25, -0.2) is 12.7 Å². The first-order chi connectivity index (χ1) is 17.2. The van der Waals surface area contributed by atoms with E-state index in [0.717, 1.165) is 30.1 Å². The Balaban J connectivity index is 1.39. The normalized spacial score (nSPS) is 19.6. The first kappa shape index (κ1) is 27.4. The van der Waals surface area contributed by atoms with Gasteiger partial charge in [-0.1, -0.05) is 60.8 Å². The minimum Gasteiger partial charge on any atom is -0.349 e. The molecule has 2 aromatic rings. The van der Waals surface area contributed by atoms with Gasteiger partial charge in [0.1, 0.15) is 4.90 Å². The van der Waals surface area contributed by atoms with E-state index in [1.165, 1.54) is 68.2 Å². The van der Waals surface area contributed by atoms with Crippen molar-refractivity contribution in [2.24, 2.45) is 5.92 Å². The van der Waals surface area contributed by atoms with Gasteiger partial charge in [-0.05, 0) is 74.0 Å². The molecule has 1 aliphatic carbocycles. The third-order valence-electron chi connectivity index (χ3n) is 7.28. The molecule has 1 amide bonds. The minimum absolute atomic E-state index is 0.0124. The molecule has 1 fully saturated rings. The summed E-state index contributed by atoms with van der Waals surface area (Å²) in [6.45, 7) is 5.10. The lowest BCUT2D eigenvalue weighted by Gasteiger charge is -2.30. The Morgan fingerprint density at radius 3 is 2.64 bits per heavy atom. The molecule has 1 saturated heterocycles. The van der Waals surface area contributed by atoms with E-state index in [4.69, 9.17) is 23.2 Å². The first-order valence-electron chi connectivity index (χ1n) is 12.7. The van der Waals surface area contributed by atoms with Crippen LogP contribution < -0.4 is 5.32 Å². The highest BCUT2D eigenvalue weighted by Crippen LogP contribution is 2.32. The molecule has 4 rings (SSSR count). The number of hydrogen-bond acceptors (Lipinski definition) is 4. The number of sulfonamides is 1. The van der Waals surface area contributed by atoms with Crippen LogP contribution in [0.5, 0.6) is 0 Å². The Labute approximate surface area is 225 Å². The second-order valence-corrected chi connectivity index (χ2v) is 12.9. The van der Waals surface area contributed by atoms with E-state index in [1.807, 2.05) is 0 Å². The molecule has 36 heavy (non-hydrogen) atoms. The molecular weight excluding hydrogens is 517 g/mol. The van der Waals surface area contributed by atoms with Crippen molar-refractivity contribution < 1.29 is 13.2 Å². The number of hydrogen-bond donors (Lipinski definition) is 1. The van der Waals surface area contributed by atoms with E-state index >= 15 is 0 Å². The monoisotopic (exact) mass is 551 g/mol. The van der Waals surface area contributed by atoms with Crippen LogP contribution in [0.2, 0.25) is 10.0 Å². The van der Waals surface area contributed by atoms with Crippen LogP contribution in [0.3, 0.4) is 0 Å². The van der Waals surface area contributed by atoms with Crippen LogP contribution in [-0.4, -0.2) is 50.2 Å². The number of carbonyl (C=O) groups excluding carboxylic acids is 1. The van der Waals surface area contributed by atoms with Gasteiger partial charge in [0.25, 0.3) is 0 Å². The van der Waals surface area contributed by atoms with Crippen LogP contribution in [0.15, 0.2) is 41.3 Å². The number of aryl methyl sites for hydroxylation is 1. The summed E-state index contributed by atoms with van der Waals surface area (Å²) in [7, 11) is -2.43. The number of carbonyl (C=O) groups is 1. The molecule has 0 saturated carbocycles. The van der Waals surface area contributed by atoms with E-state index in [-0.39, 0.29) is 33.4 Å². The van der Waals surface area contributed by atoms with Crippen molar-refractivity contribution in [3.05, 3.63) is 63.1 Å².